The molecule has 0 rings (SSSR count). The van der Waals surface area contributed by atoms with Gasteiger partial charge in [0.2, 0.25) is 5.91 Å². The number of aliphatic hydroxyl groups is 1. The number of allylic oxidation sites excluding steroid dienone is 3. The zero-order chi connectivity index (χ0) is 54.9. The maximum atomic E-state index is 13.0. The maximum Gasteiger partial charge on any atom is 0.268 e. The van der Waals surface area contributed by atoms with Gasteiger partial charge in [-0.05, 0) is 44.9 Å². The molecule has 446 valence electrons. The van der Waals surface area contributed by atoms with E-state index >= 15 is 0 Å². The third kappa shape index (κ3) is 60.5. The molecule has 0 saturated carbocycles. The minimum absolute atomic E-state index is 0.00149. The molecule has 0 aliphatic carbocycles. The van der Waals surface area contributed by atoms with Gasteiger partial charge in [-0.1, -0.05) is 314 Å². The lowest BCUT2D eigenvalue weighted by Crippen LogP contribution is -2.45. The van der Waals surface area contributed by atoms with Crippen molar-refractivity contribution in [3.63, 3.8) is 0 Å². The van der Waals surface area contributed by atoms with E-state index in [-0.39, 0.29) is 19.1 Å². The van der Waals surface area contributed by atoms with Gasteiger partial charge in [-0.15, -0.1) is 0 Å². The van der Waals surface area contributed by atoms with Crippen LogP contribution in [0.4, 0.5) is 0 Å². The number of nitrogens with one attached hydrogen (secondary N) is 1. The predicted octanol–water partition coefficient (Wildman–Crippen LogP) is 20.1. The van der Waals surface area contributed by atoms with Crippen LogP contribution in [0.1, 0.15) is 341 Å². The number of unbranched alkanes of at least 4 members (excludes halogenated alkanes) is 47. The van der Waals surface area contributed by atoms with Crippen LogP contribution >= 0.6 is 7.82 Å². The molecule has 2 N–H and O–H groups in total. The topological polar surface area (TPSA) is 108 Å². The Morgan fingerprint density at radius 3 is 1.04 bits per heavy atom. The largest absolute Gasteiger partial charge is 0.756 e. The third-order valence-corrected chi connectivity index (χ3v) is 16.4. The van der Waals surface area contributed by atoms with Gasteiger partial charge in [-0.25, -0.2) is 0 Å². The van der Waals surface area contributed by atoms with Crippen LogP contribution < -0.4 is 10.2 Å². The first-order valence-corrected chi connectivity index (χ1v) is 34.7. The highest BCUT2D eigenvalue weighted by Crippen LogP contribution is 2.38. The normalized spacial score (nSPS) is 13.9. The van der Waals surface area contributed by atoms with Gasteiger partial charge in [0.1, 0.15) is 13.2 Å². The number of phosphoric ester groups is 1. The SMILES string of the molecule is CCCCCCCCCCCCCC/C=C\CCCCCCCCCCCCCCCCCC(=O)NC(COP(=O)([O-])OCC[N+](C)(C)C)C(O)/C=C/CCCCCCCCCCCCCCCCCCCCCC. The van der Waals surface area contributed by atoms with Crippen molar-refractivity contribution in [2.45, 2.75) is 353 Å². The Balaban J connectivity index is 4.06. The molecule has 0 radical (unpaired) electrons. The molecular formula is C66H131N2O6P. The van der Waals surface area contributed by atoms with E-state index in [0.717, 1.165) is 38.5 Å². The summed E-state index contributed by atoms with van der Waals surface area (Å²) in [6.07, 6.45) is 74.3. The van der Waals surface area contributed by atoms with Gasteiger partial charge in [-0.3, -0.25) is 9.36 Å². The van der Waals surface area contributed by atoms with Crippen molar-refractivity contribution >= 4 is 13.7 Å². The van der Waals surface area contributed by atoms with Gasteiger partial charge in [0.15, 0.2) is 0 Å². The quantitative estimate of drug-likeness (QED) is 0.0272. The van der Waals surface area contributed by atoms with E-state index in [1.54, 1.807) is 6.08 Å². The smallest absolute Gasteiger partial charge is 0.268 e. The molecule has 9 heteroatoms. The van der Waals surface area contributed by atoms with Crippen LogP contribution in [0.25, 0.3) is 0 Å². The molecule has 0 aromatic rings. The predicted molar refractivity (Wildman–Crippen MR) is 325 cm³/mol. The van der Waals surface area contributed by atoms with E-state index in [0.29, 0.717) is 17.4 Å². The molecule has 0 heterocycles. The Hall–Kier alpha value is -1.02. The molecule has 0 spiro atoms. The van der Waals surface area contributed by atoms with Gasteiger partial charge in [0, 0.05) is 6.42 Å². The summed E-state index contributed by atoms with van der Waals surface area (Å²) in [4.78, 5) is 25.6. The summed E-state index contributed by atoms with van der Waals surface area (Å²) < 4.78 is 23.4. The van der Waals surface area contributed by atoms with Gasteiger partial charge in [0.25, 0.3) is 7.82 Å². The van der Waals surface area contributed by atoms with E-state index in [1.807, 2.05) is 27.2 Å². The number of carbonyl (C=O) groups is 1. The van der Waals surface area contributed by atoms with Crippen molar-refractivity contribution < 1.29 is 32.9 Å². The molecule has 0 bridgehead atoms. The fourth-order valence-electron chi connectivity index (χ4n) is 10.2. The van der Waals surface area contributed by atoms with E-state index in [2.05, 4.69) is 31.3 Å². The van der Waals surface area contributed by atoms with Crippen molar-refractivity contribution in [1.82, 2.24) is 5.32 Å². The molecule has 3 atom stereocenters. The van der Waals surface area contributed by atoms with Crippen molar-refractivity contribution in [3.8, 4) is 0 Å². The summed E-state index contributed by atoms with van der Waals surface area (Å²) in [7, 11) is 1.28. The maximum absolute atomic E-state index is 13.0. The lowest BCUT2D eigenvalue weighted by atomic mass is 10.0. The van der Waals surface area contributed by atoms with Crippen LogP contribution in [-0.4, -0.2) is 68.5 Å². The first kappa shape index (κ1) is 74.0. The lowest BCUT2D eigenvalue weighted by molar-refractivity contribution is -0.870. The molecule has 0 aliphatic rings. The number of nitrogens with zero attached hydrogens (tertiary/aromatic N) is 1. The average Bonchev–Trinajstić information content (AvgIpc) is 3.37. The van der Waals surface area contributed by atoms with Gasteiger partial charge in [-0.2, -0.15) is 0 Å². The molecule has 0 aromatic carbocycles. The molecule has 75 heavy (non-hydrogen) atoms. The van der Waals surface area contributed by atoms with Crippen molar-refractivity contribution in [1.29, 1.82) is 0 Å². The number of aliphatic hydroxyl groups excluding tert-OH is 1. The Kier molecular flexibility index (Phi) is 56.9. The van der Waals surface area contributed by atoms with Crippen molar-refractivity contribution in [2.75, 3.05) is 40.9 Å². The van der Waals surface area contributed by atoms with Gasteiger partial charge >= 0.3 is 0 Å². The summed E-state index contributed by atoms with van der Waals surface area (Å²) in [5.41, 5.74) is 0. The Labute approximate surface area is 468 Å². The minimum Gasteiger partial charge on any atom is -0.756 e. The fraction of sp³-hybridized carbons (Fsp3) is 0.924. The molecule has 0 fully saturated rings. The molecule has 0 aliphatic heterocycles. The minimum atomic E-state index is -4.60. The van der Waals surface area contributed by atoms with Crippen LogP contribution in [0.3, 0.4) is 0 Å². The molecule has 0 aromatic heterocycles. The molecule has 3 unspecified atom stereocenters. The Bertz CT molecular complexity index is 1270. The monoisotopic (exact) mass is 1080 g/mol. The van der Waals surface area contributed by atoms with Crippen molar-refractivity contribution in [3.05, 3.63) is 24.3 Å². The fourth-order valence-corrected chi connectivity index (χ4v) is 10.9. The highest BCUT2D eigenvalue weighted by Gasteiger charge is 2.23. The average molecular weight is 1080 g/mol. The summed E-state index contributed by atoms with van der Waals surface area (Å²) in [5.74, 6) is -0.190. The summed E-state index contributed by atoms with van der Waals surface area (Å²) in [5, 5.41) is 13.9. The number of quaternary nitrogens is 1. The van der Waals surface area contributed by atoms with Crippen LogP contribution in [0.5, 0.6) is 0 Å². The number of hydrogen-bond donors (Lipinski definition) is 2. The van der Waals surface area contributed by atoms with Crippen LogP contribution in [0, 0.1) is 0 Å². The van der Waals surface area contributed by atoms with E-state index in [4.69, 9.17) is 9.05 Å². The zero-order valence-electron chi connectivity index (χ0n) is 51.0. The Morgan fingerprint density at radius 1 is 0.453 bits per heavy atom. The number of carbonyl (C=O) groups excluding carboxylic acids is 1. The second-order valence-corrected chi connectivity index (χ2v) is 25.6. The van der Waals surface area contributed by atoms with Crippen molar-refractivity contribution in [2.24, 2.45) is 0 Å². The van der Waals surface area contributed by atoms with Crippen LogP contribution in [0.2, 0.25) is 0 Å². The first-order valence-electron chi connectivity index (χ1n) is 33.2. The van der Waals surface area contributed by atoms with E-state index in [9.17, 15) is 19.4 Å². The summed E-state index contributed by atoms with van der Waals surface area (Å²) in [6.45, 7) is 4.71. The van der Waals surface area contributed by atoms with Crippen LogP contribution in [0.15, 0.2) is 24.3 Å². The molecule has 0 saturated heterocycles. The third-order valence-electron chi connectivity index (χ3n) is 15.4. The summed E-state index contributed by atoms with van der Waals surface area (Å²) >= 11 is 0. The van der Waals surface area contributed by atoms with E-state index < -0.39 is 20.0 Å². The molecule has 1 amide bonds. The molecule has 8 nitrogen and oxygen atoms in total. The second kappa shape index (κ2) is 57.7. The van der Waals surface area contributed by atoms with Crippen LogP contribution in [-0.2, 0) is 18.4 Å². The Morgan fingerprint density at radius 2 is 0.733 bits per heavy atom. The lowest BCUT2D eigenvalue weighted by Gasteiger charge is -2.29. The number of amides is 1. The standard InChI is InChI=1S/C66H131N2O6P/c1-6-8-10-12-14-16-18-20-22-24-26-28-30-31-32-33-34-35-36-37-38-40-42-44-46-48-50-52-54-56-58-60-66(70)67-64(63-74-75(71,72)73-62-61-68(3,4)5)65(69)59-57-55-53-51-49-47-45-43-41-39-29-27-25-23-21-19-17-15-13-11-9-7-2/h31-32,57,59,64-65,69H,6-30,33-56,58,60-63H2,1-5H3,(H-,67,70,71,72)/b32-31-,59-57+. The second-order valence-electron chi connectivity index (χ2n) is 24.2. The summed E-state index contributed by atoms with van der Waals surface area (Å²) in [6, 6.07) is -0.885. The van der Waals surface area contributed by atoms with E-state index in [1.165, 1.54) is 283 Å². The number of rotatable bonds is 62. The molecular weight excluding hydrogens is 948 g/mol. The zero-order valence-corrected chi connectivity index (χ0v) is 51.9. The van der Waals surface area contributed by atoms with Gasteiger partial charge in [0.05, 0.1) is 39.9 Å². The van der Waals surface area contributed by atoms with Gasteiger partial charge < -0.3 is 28.8 Å². The number of likely N-dealkylation sites (N-methyl/N-ethyl adjacent to an activating group) is 1. The number of hydrogen-bond acceptors (Lipinski definition) is 6. The number of phosphoric acid groups is 1. The highest BCUT2D eigenvalue weighted by molar-refractivity contribution is 7.45. The highest BCUT2D eigenvalue weighted by atomic mass is 31.2. The first-order chi connectivity index (χ1) is 36.5.